The van der Waals surface area contributed by atoms with Gasteiger partial charge in [-0.1, -0.05) is 0 Å². The molecule has 0 aromatic rings. The fourth-order valence-corrected chi connectivity index (χ4v) is 0. The van der Waals surface area contributed by atoms with Gasteiger partial charge in [0.15, 0.2) is 0 Å². The van der Waals surface area contributed by atoms with Gasteiger partial charge in [-0.2, -0.15) is 0 Å². The predicted molar refractivity (Wildman–Crippen MR) is 19.1 cm³/mol. The van der Waals surface area contributed by atoms with Gasteiger partial charge < -0.3 is 4.55 Å². The van der Waals surface area contributed by atoms with Crippen molar-refractivity contribution in [3.05, 3.63) is 6.92 Å². The normalized spacial score (nSPS) is 14.6. The molecule has 0 aliphatic carbocycles. The number of rotatable bonds is 1. The van der Waals surface area contributed by atoms with Crippen LogP contribution in [0.1, 0.15) is 0 Å². The molecule has 2 nitrogen and oxygen atoms in total. The minimum atomic E-state index is -1.93. The zero-order valence-corrected chi connectivity index (χ0v) is 3.46. The molecule has 0 rings (SSSR count). The predicted octanol–water partition coefficient (Wildman–Crippen LogP) is -0.300. The first-order chi connectivity index (χ1) is 2.27. The van der Waals surface area contributed by atoms with Crippen LogP contribution in [0.2, 0.25) is 0 Å². The molecule has 0 aromatic heterocycles. The fraction of sp³-hybridized carbons (Fsp3) is 0.500. The molecule has 0 radical (unpaired) electrons. The molecule has 0 bridgehead atoms. The quantitative estimate of drug-likeness (QED) is 0.329. The molecule has 5 heavy (non-hydrogen) atoms. The Hall–Kier alpha value is -0.0200. The molecule has 0 heterocycles. The average molecular weight is 92.1 g/mol. The number of hydrogen-bond acceptors (Lipinski definition) is 2. The zero-order valence-electron chi connectivity index (χ0n) is 2.64. The van der Waals surface area contributed by atoms with Gasteiger partial charge in [-0.25, -0.2) is 0 Å². The topological polar surface area (TPSA) is 40.1 Å². The van der Waals surface area contributed by atoms with E-state index in [1.807, 2.05) is 0 Å². The van der Waals surface area contributed by atoms with Crippen molar-refractivity contribution in [2.75, 3.05) is 5.75 Å². The van der Waals surface area contributed by atoms with Crippen LogP contribution in [-0.2, 0) is 11.1 Å². The monoisotopic (exact) mass is 92.0 g/mol. The first kappa shape index (κ1) is 4.98. The molecule has 0 aromatic carbocycles. The summed E-state index contributed by atoms with van der Waals surface area (Å²) in [6.45, 7) is 3.07. The van der Waals surface area contributed by atoms with Crippen LogP contribution in [0.3, 0.4) is 0 Å². The lowest BCUT2D eigenvalue weighted by Gasteiger charge is -1.88. The maximum atomic E-state index is 9.31. The molecule has 0 N–H and O–H groups in total. The van der Waals surface area contributed by atoms with Crippen molar-refractivity contribution in [3.63, 3.8) is 0 Å². The second-order valence-corrected chi connectivity index (χ2v) is 1.52. The van der Waals surface area contributed by atoms with Crippen molar-refractivity contribution < 1.29 is 8.76 Å². The van der Waals surface area contributed by atoms with Gasteiger partial charge in [0.1, 0.15) is 5.75 Å². The lowest BCUT2D eigenvalue weighted by molar-refractivity contribution is 0.540. The Labute approximate surface area is 33.5 Å². The molecule has 3 heteroatoms. The Morgan fingerprint density at radius 3 is 2.20 bits per heavy atom. The minimum absolute atomic E-state index is 0.0278. The van der Waals surface area contributed by atoms with E-state index < -0.39 is 11.1 Å². The largest absolute Gasteiger partial charge is 0.769 e. The van der Waals surface area contributed by atoms with Crippen molar-refractivity contribution in [1.29, 1.82) is 0 Å². The summed E-state index contributed by atoms with van der Waals surface area (Å²) in [6, 6.07) is 0. The molecular formula is C2H4O2S. The van der Waals surface area contributed by atoms with Crippen LogP contribution in [0.15, 0.2) is 0 Å². The van der Waals surface area contributed by atoms with Crippen molar-refractivity contribution >= 4 is 11.1 Å². The molecular weight excluding hydrogens is 88.1 g/mol. The summed E-state index contributed by atoms with van der Waals surface area (Å²) in [6.07, 6.45) is 0. The van der Waals surface area contributed by atoms with Gasteiger partial charge in [0, 0.05) is 0 Å². The van der Waals surface area contributed by atoms with E-state index >= 15 is 0 Å². The van der Waals surface area contributed by atoms with Crippen LogP contribution in [-0.4, -0.2) is 14.5 Å². The van der Waals surface area contributed by atoms with Crippen molar-refractivity contribution in [3.8, 4) is 0 Å². The van der Waals surface area contributed by atoms with E-state index in [0.29, 0.717) is 0 Å². The highest BCUT2D eigenvalue weighted by Gasteiger charge is 1.71. The van der Waals surface area contributed by atoms with Crippen LogP contribution in [0.5, 0.6) is 0 Å². The molecule has 0 spiro atoms. The van der Waals surface area contributed by atoms with Crippen LogP contribution >= 0.6 is 0 Å². The van der Waals surface area contributed by atoms with Gasteiger partial charge in [-0.05, 0) is 11.1 Å². The van der Waals surface area contributed by atoms with E-state index in [1.54, 1.807) is 0 Å². The Bertz CT molecular complexity index is 42.9. The second kappa shape index (κ2) is 2.23. The van der Waals surface area contributed by atoms with E-state index in [1.165, 1.54) is 0 Å². The summed E-state index contributed by atoms with van der Waals surface area (Å²) < 4.78 is 18.6. The molecule has 1 unspecified atom stereocenters. The van der Waals surface area contributed by atoms with E-state index in [9.17, 15) is 8.76 Å². The molecule has 1 atom stereocenters. The molecule has 0 saturated carbocycles. The molecule has 30 valence electrons. The minimum Gasteiger partial charge on any atom is -0.769 e. The first-order valence-corrected chi connectivity index (χ1v) is 2.37. The average Bonchev–Trinajstić information content (AvgIpc) is 1.38. The standard InChI is InChI=1S/C2H4O2S/c1-2-5(3)4/h1-2H2. The number of hydrogen-bond donors (Lipinski definition) is 0. The van der Waals surface area contributed by atoms with Gasteiger partial charge in [-0.3, -0.25) is 4.21 Å². The maximum Gasteiger partial charge on any atom is 0.146 e. The summed E-state index contributed by atoms with van der Waals surface area (Å²) in [5.74, 6) is -0.0278. The third kappa shape index (κ3) is 3.98. The Morgan fingerprint density at radius 1 is 2.00 bits per heavy atom. The second-order valence-electron chi connectivity index (χ2n) is 0.508. The van der Waals surface area contributed by atoms with Crippen molar-refractivity contribution in [2.24, 2.45) is 0 Å². The molecule has 0 fully saturated rings. The van der Waals surface area contributed by atoms with Gasteiger partial charge in [-0.15, -0.1) is 0 Å². The van der Waals surface area contributed by atoms with Crippen LogP contribution in [0.25, 0.3) is 0 Å². The summed E-state index contributed by atoms with van der Waals surface area (Å²) >= 11 is -1.93. The molecule has 0 aliphatic rings. The summed E-state index contributed by atoms with van der Waals surface area (Å²) in [5.41, 5.74) is 0. The molecule has 0 saturated heterocycles. The SMILES string of the molecule is [CH2+]CS(=O)[O-]. The third-order valence-electron chi connectivity index (χ3n) is 0.167. The third-order valence-corrected chi connectivity index (χ3v) is 0.500. The van der Waals surface area contributed by atoms with E-state index in [2.05, 4.69) is 6.92 Å². The highest BCUT2D eigenvalue weighted by molar-refractivity contribution is 7.79. The Balaban J connectivity index is 2.85. The van der Waals surface area contributed by atoms with E-state index in [0.717, 1.165) is 0 Å². The molecule has 0 aliphatic heterocycles. The highest BCUT2D eigenvalue weighted by atomic mass is 32.2. The van der Waals surface area contributed by atoms with Crippen LogP contribution in [0.4, 0.5) is 0 Å². The highest BCUT2D eigenvalue weighted by Crippen LogP contribution is 1.62. The van der Waals surface area contributed by atoms with Crippen molar-refractivity contribution in [1.82, 2.24) is 0 Å². The summed E-state index contributed by atoms with van der Waals surface area (Å²) in [4.78, 5) is 0. The zero-order chi connectivity index (χ0) is 4.28. The summed E-state index contributed by atoms with van der Waals surface area (Å²) in [7, 11) is 0. The lowest BCUT2D eigenvalue weighted by Crippen LogP contribution is -1.86. The molecule has 0 amide bonds. The van der Waals surface area contributed by atoms with Crippen LogP contribution in [0, 0.1) is 6.92 Å². The van der Waals surface area contributed by atoms with Gasteiger partial charge in [0.05, 0.1) is 6.92 Å². The van der Waals surface area contributed by atoms with Crippen molar-refractivity contribution in [2.45, 2.75) is 0 Å². The maximum absolute atomic E-state index is 9.31. The van der Waals surface area contributed by atoms with E-state index in [-0.39, 0.29) is 5.75 Å². The Kier molecular flexibility index (Phi) is 2.22. The summed E-state index contributed by atoms with van der Waals surface area (Å²) in [5, 5.41) is 0. The van der Waals surface area contributed by atoms with Gasteiger partial charge >= 0.3 is 0 Å². The van der Waals surface area contributed by atoms with Gasteiger partial charge in [0.2, 0.25) is 0 Å². The van der Waals surface area contributed by atoms with Gasteiger partial charge in [0.25, 0.3) is 0 Å². The van der Waals surface area contributed by atoms with E-state index in [4.69, 9.17) is 0 Å². The lowest BCUT2D eigenvalue weighted by atomic mass is 11.0. The fourth-order valence-electron chi connectivity index (χ4n) is 0. The smallest absolute Gasteiger partial charge is 0.146 e. The van der Waals surface area contributed by atoms with Crippen LogP contribution < -0.4 is 0 Å². The first-order valence-electron chi connectivity index (χ1n) is 1.12. The Morgan fingerprint density at radius 2 is 2.20 bits per heavy atom.